The summed E-state index contributed by atoms with van der Waals surface area (Å²) in [6, 6.07) is 3.34. The molecular weight excluding hydrogens is 440 g/mol. The molecule has 0 radical (unpaired) electrons. The van der Waals surface area contributed by atoms with E-state index < -0.39 is 33.1 Å². The highest BCUT2D eigenvalue weighted by atomic mass is 32.2. The second kappa shape index (κ2) is 8.87. The van der Waals surface area contributed by atoms with E-state index in [1.54, 1.807) is 11.6 Å². The van der Waals surface area contributed by atoms with Crippen molar-refractivity contribution in [3.05, 3.63) is 47.9 Å². The summed E-state index contributed by atoms with van der Waals surface area (Å²) in [5.41, 5.74) is -0.926. The zero-order chi connectivity index (χ0) is 22.9. The van der Waals surface area contributed by atoms with E-state index in [1.807, 2.05) is 0 Å². The number of imidazole rings is 1. The van der Waals surface area contributed by atoms with Crippen LogP contribution in [0.15, 0.2) is 35.7 Å². The Hall–Kier alpha value is -2.37. The van der Waals surface area contributed by atoms with Crippen molar-refractivity contribution in [2.24, 2.45) is 7.05 Å². The highest BCUT2D eigenvalue weighted by Crippen LogP contribution is 2.36. The van der Waals surface area contributed by atoms with Crippen LogP contribution in [0.25, 0.3) is 0 Å². The fourth-order valence-corrected chi connectivity index (χ4v) is 6.13. The Morgan fingerprint density at radius 2 is 1.75 bits per heavy atom. The molecule has 2 aliphatic rings. The second-order valence-electron chi connectivity index (χ2n) is 8.48. The summed E-state index contributed by atoms with van der Waals surface area (Å²) in [7, 11) is -1.94. The van der Waals surface area contributed by atoms with Crippen molar-refractivity contribution in [3.8, 4) is 0 Å². The predicted octanol–water partition coefficient (Wildman–Crippen LogP) is 1.75. The molecule has 1 aromatic carbocycles. The fraction of sp³-hybridized carbons (Fsp3) is 0.524. The number of halogens is 2. The van der Waals surface area contributed by atoms with Gasteiger partial charge in [0.05, 0.1) is 6.33 Å². The maximum atomic E-state index is 14.0. The third-order valence-corrected chi connectivity index (χ3v) is 8.28. The van der Waals surface area contributed by atoms with Crippen LogP contribution in [0.2, 0.25) is 0 Å². The fourth-order valence-electron chi connectivity index (χ4n) is 4.74. The Labute approximate surface area is 186 Å². The van der Waals surface area contributed by atoms with Crippen LogP contribution in [0, 0.1) is 11.6 Å². The molecule has 1 aromatic heterocycles. The first-order valence-corrected chi connectivity index (χ1v) is 12.1. The highest BCUT2D eigenvalue weighted by Gasteiger charge is 2.42. The number of nitrogens with one attached hydrogen (secondary N) is 1. The van der Waals surface area contributed by atoms with Gasteiger partial charge < -0.3 is 9.88 Å². The first-order chi connectivity index (χ1) is 15.2. The molecule has 1 aliphatic carbocycles. The molecule has 0 spiro atoms. The lowest BCUT2D eigenvalue weighted by Crippen LogP contribution is -2.60. The van der Waals surface area contributed by atoms with Crippen LogP contribution in [0.5, 0.6) is 0 Å². The monoisotopic (exact) mass is 467 g/mol. The standard InChI is InChI=1S/C21H27F2N5O3S/c1-26-13-18(25-15-26)32(30,31)28-11-9-27(10-12-28)21(7-2-3-8-21)14-24-20(29)19-16(22)5-4-6-17(19)23/h4-6,13,15H,2-3,7-12,14H2,1H3,(H,24,29). The molecule has 4 rings (SSSR count). The molecule has 2 heterocycles. The molecule has 1 amide bonds. The van der Waals surface area contributed by atoms with Crippen molar-refractivity contribution >= 4 is 15.9 Å². The summed E-state index contributed by atoms with van der Waals surface area (Å²) >= 11 is 0. The van der Waals surface area contributed by atoms with E-state index in [9.17, 15) is 22.0 Å². The maximum Gasteiger partial charge on any atom is 0.262 e. The van der Waals surface area contributed by atoms with Gasteiger partial charge in [-0.1, -0.05) is 18.9 Å². The topological polar surface area (TPSA) is 87.5 Å². The molecule has 1 N–H and O–H groups in total. The number of hydrogen-bond donors (Lipinski definition) is 1. The predicted molar refractivity (Wildman–Crippen MR) is 113 cm³/mol. The summed E-state index contributed by atoms with van der Waals surface area (Å²) < 4.78 is 56.7. The Morgan fingerprint density at radius 3 is 2.31 bits per heavy atom. The van der Waals surface area contributed by atoms with Crippen LogP contribution in [0.3, 0.4) is 0 Å². The summed E-state index contributed by atoms with van der Waals surface area (Å²) in [5, 5.41) is 2.76. The van der Waals surface area contributed by atoms with Crippen molar-refractivity contribution < 1.29 is 22.0 Å². The second-order valence-corrected chi connectivity index (χ2v) is 10.4. The smallest absolute Gasteiger partial charge is 0.262 e. The van der Waals surface area contributed by atoms with Gasteiger partial charge in [0.1, 0.15) is 17.2 Å². The van der Waals surface area contributed by atoms with E-state index in [0.29, 0.717) is 26.2 Å². The van der Waals surface area contributed by atoms with E-state index >= 15 is 0 Å². The average molecular weight is 468 g/mol. The van der Waals surface area contributed by atoms with Crippen LogP contribution in [-0.4, -0.2) is 71.3 Å². The lowest BCUT2D eigenvalue weighted by Gasteiger charge is -2.45. The first-order valence-electron chi connectivity index (χ1n) is 10.7. The molecular formula is C21H27F2N5O3S. The molecule has 0 atom stereocenters. The van der Waals surface area contributed by atoms with E-state index in [1.165, 1.54) is 22.9 Å². The molecule has 1 saturated carbocycles. The number of sulfonamides is 1. The van der Waals surface area contributed by atoms with Crippen molar-refractivity contribution in [1.82, 2.24) is 24.1 Å². The lowest BCUT2D eigenvalue weighted by atomic mass is 9.93. The molecule has 11 heteroatoms. The minimum atomic E-state index is -3.66. The zero-order valence-electron chi connectivity index (χ0n) is 17.9. The summed E-state index contributed by atoms with van der Waals surface area (Å²) in [6.07, 6.45) is 6.57. The number of aromatic nitrogens is 2. The van der Waals surface area contributed by atoms with Crippen LogP contribution in [0.1, 0.15) is 36.0 Å². The van der Waals surface area contributed by atoms with Gasteiger partial charge in [-0.05, 0) is 25.0 Å². The van der Waals surface area contributed by atoms with Crippen LogP contribution >= 0.6 is 0 Å². The normalized spacial score (nSPS) is 19.8. The van der Waals surface area contributed by atoms with Gasteiger partial charge in [0.2, 0.25) is 0 Å². The summed E-state index contributed by atoms with van der Waals surface area (Å²) in [6.45, 7) is 1.91. The van der Waals surface area contributed by atoms with Crippen LogP contribution < -0.4 is 5.32 Å². The molecule has 0 unspecified atom stereocenters. The van der Waals surface area contributed by atoms with Gasteiger partial charge in [-0.2, -0.15) is 4.31 Å². The Balaban J connectivity index is 1.43. The van der Waals surface area contributed by atoms with Gasteiger partial charge in [-0.15, -0.1) is 0 Å². The maximum absolute atomic E-state index is 14.0. The lowest BCUT2D eigenvalue weighted by molar-refractivity contribution is 0.0538. The number of nitrogens with zero attached hydrogens (tertiary/aromatic N) is 4. The molecule has 0 bridgehead atoms. The first kappa shape index (κ1) is 22.8. The molecule has 1 aliphatic heterocycles. The molecule has 174 valence electrons. The number of carbonyl (C=O) groups is 1. The quantitative estimate of drug-likeness (QED) is 0.700. The third-order valence-electron chi connectivity index (χ3n) is 6.50. The minimum Gasteiger partial charge on any atom is -0.350 e. The number of rotatable bonds is 6. The molecule has 8 nitrogen and oxygen atoms in total. The SMILES string of the molecule is Cn1cnc(S(=O)(=O)N2CCN(C3(CNC(=O)c4c(F)cccc4F)CCCC3)CC2)c1. The van der Waals surface area contributed by atoms with Gasteiger partial charge in [-0.25, -0.2) is 22.2 Å². The Morgan fingerprint density at radius 1 is 1.12 bits per heavy atom. The zero-order valence-corrected chi connectivity index (χ0v) is 18.7. The summed E-state index contributed by atoms with van der Waals surface area (Å²) in [5.74, 6) is -2.56. The van der Waals surface area contributed by atoms with Gasteiger partial charge in [0.25, 0.3) is 15.9 Å². The molecule has 32 heavy (non-hydrogen) atoms. The average Bonchev–Trinajstić information content (AvgIpc) is 3.42. The Bertz CT molecular complexity index is 1070. The molecule has 1 saturated heterocycles. The van der Waals surface area contributed by atoms with Crippen molar-refractivity contribution in [2.45, 2.75) is 36.2 Å². The van der Waals surface area contributed by atoms with Crippen molar-refractivity contribution in [3.63, 3.8) is 0 Å². The third kappa shape index (κ3) is 4.28. The van der Waals surface area contributed by atoms with E-state index in [2.05, 4.69) is 15.2 Å². The van der Waals surface area contributed by atoms with Crippen molar-refractivity contribution in [2.75, 3.05) is 32.7 Å². The number of benzene rings is 1. The number of aryl methyl sites for hydroxylation is 1. The molecule has 2 fully saturated rings. The van der Waals surface area contributed by atoms with E-state index in [4.69, 9.17) is 0 Å². The van der Waals surface area contributed by atoms with Gasteiger partial charge in [0, 0.05) is 51.5 Å². The van der Waals surface area contributed by atoms with Gasteiger partial charge in [-0.3, -0.25) is 9.69 Å². The number of amides is 1. The van der Waals surface area contributed by atoms with Crippen LogP contribution in [0.4, 0.5) is 8.78 Å². The number of hydrogen-bond acceptors (Lipinski definition) is 5. The molecule has 2 aromatic rings. The van der Waals surface area contributed by atoms with E-state index in [0.717, 1.165) is 37.8 Å². The Kier molecular flexibility index (Phi) is 6.33. The van der Waals surface area contributed by atoms with E-state index in [-0.39, 0.29) is 17.1 Å². The largest absolute Gasteiger partial charge is 0.350 e. The van der Waals surface area contributed by atoms with Crippen molar-refractivity contribution in [1.29, 1.82) is 0 Å². The number of carbonyl (C=O) groups excluding carboxylic acids is 1. The van der Waals surface area contributed by atoms with Gasteiger partial charge in [0.15, 0.2) is 5.03 Å². The van der Waals surface area contributed by atoms with Crippen LogP contribution in [-0.2, 0) is 17.1 Å². The minimum absolute atomic E-state index is 0.0307. The summed E-state index contributed by atoms with van der Waals surface area (Å²) in [4.78, 5) is 18.7. The van der Waals surface area contributed by atoms with Gasteiger partial charge >= 0.3 is 0 Å². The highest BCUT2D eigenvalue weighted by molar-refractivity contribution is 7.89. The number of piperazine rings is 1.